The van der Waals surface area contributed by atoms with Gasteiger partial charge in [-0.2, -0.15) is 13.2 Å². The number of nitrogens with one attached hydrogen (secondary N) is 3. The molecular weight excluding hydrogens is 383 g/mol. The molecule has 0 atom stereocenters. The molecule has 1 heterocycles. The Bertz CT molecular complexity index is 791. The van der Waals surface area contributed by atoms with E-state index in [4.69, 9.17) is 4.74 Å². The van der Waals surface area contributed by atoms with Gasteiger partial charge in [0.05, 0.1) is 11.3 Å². The standard InChI is InChI=1S/C21H24F3N3O2/c22-21(23,24)18-8-4-5-9-19(18)25-20(28)16-27-12-10-26(11-13-27)14-15-29-17-6-2-1-3-7-17/h1-9H,10-16H2,(H,25,28)/p+2. The lowest BCUT2D eigenvalue weighted by Gasteiger charge is -2.29. The number of amides is 1. The van der Waals surface area contributed by atoms with Crippen LogP contribution in [0.25, 0.3) is 0 Å². The highest BCUT2D eigenvalue weighted by Crippen LogP contribution is 2.34. The number of carbonyl (C=O) groups is 1. The van der Waals surface area contributed by atoms with Gasteiger partial charge >= 0.3 is 6.18 Å². The number of benzene rings is 2. The number of para-hydroxylation sites is 2. The Morgan fingerprint density at radius 2 is 1.55 bits per heavy atom. The molecule has 8 heteroatoms. The van der Waals surface area contributed by atoms with Crippen LogP contribution in [0.1, 0.15) is 5.56 Å². The Balaban J connectivity index is 1.40. The minimum absolute atomic E-state index is 0.167. The second kappa shape index (κ2) is 9.76. The number of rotatable bonds is 7. The smallest absolute Gasteiger partial charge is 0.418 e. The first-order chi connectivity index (χ1) is 13.9. The summed E-state index contributed by atoms with van der Waals surface area (Å²) >= 11 is 0. The highest BCUT2D eigenvalue weighted by molar-refractivity contribution is 5.92. The van der Waals surface area contributed by atoms with Crippen molar-refractivity contribution in [2.45, 2.75) is 6.18 Å². The monoisotopic (exact) mass is 409 g/mol. The normalized spacial score (nSPS) is 19.6. The van der Waals surface area contributed by atoms with Crippen LogP contribution in [0.15, 0.2) is 54.6 Å². The Kier molecular flexibility index (Phi) is 7.11. The lowest BCUT2D eigenvalue weighted by Crippen LogP contribution is -3.28. The van der Waals surface area contributed by atoms with Crippen molar-refractivity contribution < 1.29 is 32.5 Å². The SMILES string of the molecule is O=C(C[NH+]1CC[NH+](CCOc2ccccc2)CC1)Nc1ccccc1C(F)(F)F. The van der Waals surface area contributed by atoms with E-state index in [9.17, 15) is 18.0 Å². The van der Waals surface area contributed by atoms with Crippen LogP contribution in [0.5, 0.6) is 5.75 Å². The van der Waals surface area contributed by atoms with E-state index < -0.39 is 17.6 Å². The summed E-state index contributed by atoms with van der Waals surface area (Å²) < 4.78 is 44.8. The van der Waals surface area contributed by atoms with E-state index in [1.807, 2.05) is 30.3 Å². The molecule has 0 radical (unpaired) electrons. The number of carbonyl (C=O) groups excluding carboxylic acids is 1. The molecular formula is C21H26F3N3O2+2. The Morgan fingerprint density at radius 1 is 0.931 bits per heavy atom. The van der Waals surface area contributed by atoms with Gasteiger partial charge in [0.25, 0.3) is 5.91 Å². The third kappa shape index (κ3) is 6.47. The van der Waals surface area contributed by atoms with Crippen LogP contribution in [0.2, 0.25) is 0 Å². The van der Waals surface area contributed by atoms with Gasteiger partial charge < -0.3 is 19.9 Å². The van der Waals surface area contributed by atoms with Crippen molar-refractivity contribution in [3.05, 3.63) is 60.2 Å². The van der Waals surface area contributed by atoms with Crippen LogP contribution in [-0.2, 0) is 11.0 Å². The van der Waals surface area contributed by atoms with Gasteiger partial charge in [0.1, 0.15) is 45.1 Å². The molecule has 1 aliphatic heterocycles. The molecule has 0 saturated carbocycles. The summed E-state index contributed by atoms with van der Waals surface area (Å²) in [5.41, 5.74) is -1.01. The van der Waals surface area contributed by atoms with E-state index >= 15 is 0 Å². The summed E-state index contributed by atoms with van der Waals surface area (Å²) in [7, 11) is 0. The van der Waals surface area contributed by atoms with Crippen LogP contribution in [0.3, 0.4) is 0 Å². The number of hydrogen-bond acceptors (Lipinski definition) is 2. The lowest BCUT2D eigenvalue weighted by molar-refractivity contribution is -1.01. The number of alkyl halides is 3. The Hall–Kier alpha value is -2.58. The van der Waals surface area contributed by atoms with Crippen LogP contribution in [-0.4, -0.2) is 51.8 Å². The number of hydrogen-bond donors (Lipinski definition) is 3. The van der Waals surface area contributed by atoms with E-state index in [1.165, 1.54) is 23.1 Å². The fraction of sp³-hybridized carbons (Fsp3) is 0.381. The second-order valence-electron chi connectivity index (χ2n) is 7.18. The number of ether oxygens (including phenoxy) is 1. The van der Waals surface area contributed by atoms with Gasteiger partial charge in [0, 0.05) is 0 Å². The third-order valence-electron chi connectivity index (χ3n) is 5.05. The summed E-state index contributed by atoms with van der Waals surface area (Å²) in [4.78, 5) is 14.7. The summed E-state index contributed by atoms with van der Waals surface area (Å²) in [5, 5.41) is 2.42. The molecule has 2 aromatic rings. The van der Waals surface area contributed by atoms with Crippen LogP contribution < -0.4 is 19.9 Å². The molecule has 29 heavy (non-hydrogen) atoms. The maximum absolute atomic E-state index is 13.0. The van der Waals surface area contributed by atoms with Gasteiger partial charge in [0.2, 0.25) is 0 Å². The highest BCUT2D eigenvalue weighted by atomic mass is 19.4. The molecule has 1 saturated heterocycles. The van der Waals surface area contributed by atoms with Crippen molar-refractivity contribution in [1.29, 1.82) is 0 Å². The summed E-state index contributed by atoms with van der Waals surface area (Å²) in [6, 6.07) is 14.7. The van der Waals surface area contributed by atoms with Gasteiger partial charge in [-0.15, -0.1) is 0 Å². The topological polar surface area (TPSA) is 47.2 Å². The Morgan fingerprint density at radius 3 is 2.24 bits per heavy atom. The number of piperazine rings is 1. The first kappa shape index (κ1) is 21.1. The number of anilines is 1. The highest BCUT2D eigenvalue weighted by Gasteiger charge is 2.34. The molecule has 0 aliphatic carbocycles. The zero-order chi connectivity index (χ0) is 20.7. The van der Waals surface area contributed by atoms with Gasteiger partial charge in [-0.25, -0.2) is 0 Å². The molecule has 3 N–H and O–H groups in total. The molecule has 1 aliphatic rings. The van der Waals surface area contributed by atoms with Crippen molar-refractivity contribution in [1.82, 2.24) is 0 Å². The first-order valence-corrected chi connectivity index (χ1v) is 9.73. The van der Waals surface area contributed by atoms with Crippen molar-refractivity contribution in [2.75, 3.05) is 51.2 Å². The van der Waals surface area contributed by atoms with E-state index in [-0.39, 0.29) is 12.2 Å². The van der Waals surface area contributed by atoms with Crippen molar-refractivity contribution in [3.8, 4) is 5.75 Å². The second-order valence-corrected chi connectivity index (χ2v) is 7.18. The first-order valence-electron chi connectivity index (χ1n) is 9.73. The average Bonchev–Trinajstić information content (AvgIpc) is 2.70. The van der Waals surface area contributed by atoms with Crippen molar-refractivity contribution >= 4 is 11.6 Å². The van der Waals surface area contributed by atoms with Crippen LogP contribution in [0, 0.1) is 0 Å². The molecule has 0 unspecified atom stereocenters. The van der Waals surface area contributed by atoms with Gasteiger partial charge in [0.15, 0.2) is 6.54 Å². The van der Waals surface area contributed by atoms with Crippen molar-refractivity contribution in [3.63, 3.8) is 0 Å². The molecule has 5 nitrogen and oxygen atoms in total. The summed E-state index contributed by atoms with van der Waals surface area (Å²) in [6.07, 6.45) is -4.49. The predicted octanol–water partition coefficient (Wildman–Crippen LogP) is 0.506. The number of quaternary nitrogens is 2. The summed E-state index contributed by atoms with van der Waals surface area (Å²) in [5.74, 6) is 0.458. The lowest BCUT2D eigenvalue weighted by atomic mass is 10.1. The fourth-order valence-electron chi connectivity index (χ4n) is 3.47. The molecule has 156 valence electrons. The molecule has 3 rings (SSSR count). The van der Waals surface area contributed by atoms with Gasteiger partial charge in [-0.3, -0.25) is 4.79 Å². The largest absolute Gasteiger partial charge is 0.488 e. The zero-order valence-corrected chi connectivity index (χ0v) is 16.1. The van der Waals surface area contributed by atoms with Crippen LogP contribution >= 0.6 is 0 Å². The Labute approximate surface area is 168 Å². The minimum Gasteiger partial charge on any atom is -0.488 e. The fourth-order valence-corrected chi connectivity index (χ4v) is 3.47. The minimum atomic E-state index is -4.49. The van der Waals surface area contributed by atoms with Gasteiger partial charge in [-0.1, -0.05) is 30.3 Å². The molecule has 0 aromatic heterocycles. The maximum atomic E-state index is 13.0. The molecule has 2 aromatic carbocycles. The molecule has 0 bridgehead atoms. The van der Waals surface area contributed by atoms with E-state index in [2.05, 4.69) is 5.32 Å². The quantitative estimate of drug-likeness (QED) is 0.624. The van der Waals surface area contributed by atoms with Gasteiger partial charge in [-0.05, 0) is 24.3 Å². The van der Waals surface area contributed by atoms with E-state index in [1.54, 1.807) is 0 Å². The average molecular weight is 409 g/mol. The van der Waals surface area contributed by atoms with Crippen LogP contribution in [0.4, 0.5) is 18.9 Å². The molecule has 1 fully saturated rings. The molecule has 1 amide bonds. The maximum Gasteiger partial charge on any atom is 0.418 e. The zero-order valence-electron chi connectivity index (χ0n) is 16.1. The number of halogens is 3. The third-order valence-corrected chi connectivity index (χ3v) is 5.05. The molecule has 0 spiro atoms. The summed E-state index contributed by atoms with van der Waals surface area (Å²) in [6.45, 7) is 5.08. The van der Waals surface area contributed by atoms with E-state index in [0.29, 0.717) is 6.61 Å². The van der Waals surface area contributed by atoms with E-state index in [0.717, 1.165) is 49.4 Å². The predicted molar refractivity (Wildman–Crippen MR) is 103 cm³/mol. The van der Waals surface area contributed by atoms with Crippen molar-refractivity contribution in [2.24, 2.45) is 0 Å².